The minimum atomic E-state index is -0.693. The zero-order valence-electron chi connectivity index (χ0n) is 8.54. The van der Waals surface area contributed by atoms with E-state index in [1.165, 1.54) is 6.07 Å². The first kappa shape index (κ1) is 14.1. The van der Waals surface area contributed by atoms with Crippen LogP contribution in [0.2, 0.25) is 0 Å². The Balaban J connectivity index is 0.000000265. The highest BCUT2D eigenvalue weighted by Crippen LogP contribution is 2.12. The van der Waals surface area contributed by atoms with Crippen LogP contribution in [0.25, 0.3) is 0 Å². The van der Waals surface area contributed by atoms with Gasteiger partial charge in [0, 0.05) is 6.42 Å². The maximum atomic E-state index is 12.3. The quantitative estimate of drug-likeness (QED) is 0.911. The summed E-state index contributed by atoms with van der Waals surface area (Å²) in [7, 11) is 0. The number of halogens is 2. The molecule has 0 aromatic heterocycles. The van der Waals surface area contributed by atoms with Crippen molar-refractivity contribution in [3.05, 3.63) is 34.6 Å². The third-order valence-electron chi connectivity index (χ3n) is 1.57. The molecule has 0 saturated carbocycles. The molecule has 1 rings (SSSR count). The minimum absolute atomic E-state index is 0.215. The van der Waals surface area contributed by atoms with Crippen LogP contribution in [0.5, 0.6) is 0 Å². The molecule has 1 N–H and O–H groups in total. The Morgan fingerprint density at radius 1 is 1.47 bits per heavy atom. The van der Waals surface area contributed by atoms with Gasteiger partial charge in [0.2, 0.25) is 0 Å². The number of aliphatic carboxylic acids is 1. The maximum Gasteiger partial charge on any atom is 0.303 e. The lowest BCUT2D eigenvalue weighted by Gasteiger charge is -1.87. The first-order valence-corrected chi connectivity index (χ1v) is 5.49. The summed E-state index contributed by atoms with van der Waals surface area (Å²) < 4.78 is 12.8. The standard InChI is InChI=1S/C6H4BrF.C5H10O2/c7-5-3-1-2-4-6(5)8;1-2-3-4-5(6)7/h1-4H;2-4H2,1H3,(H,6,7). The molecule has 0 bridgehead atoms. The van der Waals surface area contributed by atoms with Crippen LogP contribution in [0.4, 0.5) is 4.39 Å². The summed E-state index contributed by atoms with van der Waals surface area (Å²) in [6, 6.07) is 6.49. The van der Waals surface area contributed by atoms with Crippen LogP contribution in [0, 0.1) is 5.82 Å². The molecule has 0 amide bonds. The molecule has 1 aromatic carbocycles. The van der Waals surface area contributed by atoms with Gasteiger partial charge in [-0.25, -0.2) is 4.39 Å². The van der Waals surface area contributed by atoms with E-state index in [0.717, 1.165) is 12.8 Å². The highest BCUT2D eigenvalue weighted by atomic mass is 79.9. The van der Waals surface area contributed by atoms with Gasteiger partial charge in [0.05, 0.1) is 4.47 Å². The van der Waals surface area contributed by atoms with Crippen LogP contribution in [0.1, 0.15) is 26.2 Å². The van der Waals surface area contributed by atoms with Gasteiger partial charge < -0.3 is 5.11 Å². The highest BCUT2D eigenvalue weighted by molar-refractivity contribution is 9.10. The average Bonchev–Trinajstić information content (AvgIpc) is 2.20. The Morgan fingerprint density at radius 3 is 2.33 bits per heavy atom. The van der Waals surface area contributed by atoms with Gasteiger partial charge in [-0.2, -0.15) is 0 Å². The van der Waals surface area contributed by atoms with E-state index in [9.17, 15) is 9.18 Å². The lowest BCUT2D eigenvalue weighted by Crippen LogP contribution is -1.91. The van der Waals surface area contributed by atoms with Gasteiger partial charge in [-0.3, -0.25) is 4.79 Å². The molecule has 0 unspecified atom stereocenters. The smallest absolute Gasteiger partial charge is 0.303 e. The molecule has 2 nitrogen and oxygen atoms in total. The van der Waals surface area contributed by atoms with Crippen LogP contribution >= 0.6 is 15.9 Å². The number of benzene rings is 1. The van der Waals surface area contributed by atoms with E-state index in [-0.39, 0.29) is 5.82 Å². The number of carboxylic acid groups (broad SMARTS) is 1. The third-order valence-corrected chi connectivity index (χ3v) is 2.21. The summed E-state index contributed by atoms with van der Waals surface area (Å²) in [5.41, 5.74) is 0. The fourth-order valence-corrected chi connectivity index (χ4v) is 1.05. The minimum Gasteiger partial charge on any atom is -0.481 e. The number of carboxylic acids is 1. The first-order valence-electron chi connectivity index (χ1n) is 4.69. The van der Waals surface area contributed by atoms with E-state index in [1.54, 1.807) is 18.2 Å². The molecular formula is C11H14BrFO2. The van der Waals surface area contributed by atoms with Crippen molar-refractivity contribution in [2.24, 2.45) is 0 Å². The normalized spacial score (nSPS) is 9.00. The zero-order valence-corrected chi connectivity index (χ0v) is 10.1. The van der Waals surface area contributed by atoms with Gasteiger partial charge >= 0.3 is 5.97 Å². The van der Waals surface area contributed by atoms with Crippen molar-refractivity contribution in [2.75, 3.05) is 0 Å². The van der Waals surface area contributed by atoms with E-state index in [2.05, 4.69) is 15.9 Å². The predicted octanol–water partition coefficient (Wildman–Crippen LogP) is 3.85. The Kier molecular flexibility index (Phi) is 7.91. The molecule has 0 aliphatic heterocycles. The van der Waals surface area contributed by atoms with Gasteiger partial charge in [0.25, 0.3) is 0 Å². The topological polar surface area (TPSA) is 37.3 Å². The third kappa shape index (κ3) is 8.12. The summed E-state index contributed by atoms with van der Waals surface area (Å²) in [4.78, 5) is 9.76. The van der Waals surface area contributed by atoms with Crippen LogP contribution in [-0.2, 0) is 4.79 Å². The first-order chi connectivity index (χ1) is 7.07. The van der Waals surface area contributed by atoms with Gasteiger partial charge in [0.15, 0.2) is 0 Å². The fraction of sp³-hybridized carbons (Fsp3) is 0.364. The molecule has 84 valence electrons. The van der Waals surface area contributed by atoms with Crippen LogP contribution < -0.4 is 0 Å². The monoisotopic (exact) mass is 276 g/mol. The SMILES string of the molecule is CCCCC(=O)O.Fc1ccccc1Br. The summed E-state index contributed by atoms with van der Waals surface area (Å²) in [6.45, 7) is 1.98. The molecular weight excluding hydrogens is 263 g/mol. The molecule has 1 aromatic rings. The molecule has 0 heterocycles. The largest absolute Gasteiger partial charge is 0.481 e. The number of hydrogen-bond acceptors (Lipinski definition) is 1. The van der Waals surface area contributed by atoms with Crippen molar-refractivity contribution in [3.63, 3.8) is 0 Å². The van der Waals surface area contributed by atoms with Crippen LogP contribution in [0.3, 0.4) is 0 Å². The lowest BCUT2D eigenvalue weighted by molar-refractivity contribution is -0.137. The molecule has 0 spiro atoms. The van der Waals surface area contributed by atoms with E-state index >= 15 is 0 Å². The lowest BCUT2D eigenvalue weighted by atomic mass is 10.3. The molecule has 4 heteroatoms. The van der Waals surface area contributed by atoms with E-state index in [0.29, 0.717) is 10.9 Å². The Labute approximate surface area is 97.3 Å². The average molecular weight is 277 g/mol. The van der Waals surface area contributed by atoms with Crippen molar-refractivity contribution in [2.45, 2.75) is 26.2 Å². The van der Waals surface area contributed by atoms with Gasteiger partial charge in [-0.15, -0.1) is 0 Å². The van der Waals surface area contributed by atoms with E-state index in [1.807, 2.05) is 6.92 Å². The van der Waals surface area contributed by atoms with Gasteiger partial charge in [-0.05, 0) is 34.5 Å². The Bertz CT molecular complexity index is 281. The summed E-state index contributed by atoms with van der Waals surface area (Å²) in [5.74, 6) is -0.908. The molecule has 0 aliphatic rings. The van der Waals surface area contributed by atoms with Crippen molar-refractivity contribution < 1.29 is 14.3 Å². The van der Waals surface area contributed by atoms with Crippen molar-refractivity contribution in [1.82, 2.24) is 0 Å². The zero-order chi connectivity index (χ0) is 11.7. The number of carbonyl (C=O) groups is 1. The molecule has 0 radical (unpaired) electrons. The van der Waals surface area contributed by atoms with Crippen molar-refractivity contribution in [1.29, 1.82) is 0 Å². The van der Waals surface area contributed by atoms with E-state index < -0.39 is 5.97 Å². The fourth-order valence-electron chi connectivity index (χ4n) is 0.767. The Morgan fingerprint density at radius 2 is 2.07 bits per heavy atom. The number of unbranched alkanes of at least 4 members (excludes halogenated alkanes) is 1. The number of hydrogen-bond donors (Lipinski definition) is 1. The van der Waals surface area contributed by atoms with Crippen molar-refractivity contribution >= 4 is 21.9 Å². The van der Waals surface area contributed by atoms with Crippen LogP contribution in [0.15, 0.2) is 28.7 Å². The maximum absolute atomic E-state index is 12.3. The van der Waals surface area contributed by atoms with Gasteiger partial charge in [0.1, 0.15) is 5.82 Å². The van der Waals surface area contributed by atoms with E-state index in [4.69, 9.17) is 5.11 Å². The molecule has 0 aliphatic carbocycles. The molecule has 0 atom stereocenters. The summed E-state index contributed by atoms with van der Waals surface area (Å²) in [6.07, 6.45) is 2.08. The second kappa shape index (κ2) is 8.41. The highest BCUT2D eigenvalue weighted by Gasteiger charge is 1.91. The van der Waals surface area contributed by atoms with Gasteiger partial charge in [-0.1, -0.05) is 25.5 Å². The summed E-state index contributed by atoms with van der Waals surface area (Å²) >= 11 is 3.02. The Hall–Kier alpha value is -0.900. The second-order valence-electron chi connectivity index (χ2n) is 2.91. The predicted molar refractivity (Wildman–Crippen MR) is 61.3 cm³/mol. The summed E-state index contributed by atoms with van der Waals surface area (Å²) in [5, 5.41) is 8.04. The second-order valence-corrected chi connectivity index (χ2v) is 3.77. The molecule has 0 fully saturated rings. The van der Waals surface area contributed by atoms with Crippen molar-refractivity contribution in [3.8, 4) is 0 Å². The van der Waals surface area contributed by atoms with Crippen LogP contribution in [-0.4, -0.2) is 11.1 Å². The molecule has 0 saturated heterocycles. The molecule has 15 heavy (non-hydrogen) atoms. The number of rotatable bonds is 3.